The Morgan fingerprint density at radius 1 is 1.00 bits per heavy atom. The van der Waals surface area contributed by atoms with Crippen molar-refractivity contribution in [2.45, 2.75) is 39.5 Å². The van der Waals surface area contributed by atoms with Crippen LogP contribution in [0.3, 0.4) is 0 Å². The van der Waals surface area contributed by atoms with Gasteiger partial charge in [0, 0.05) is 31.4 Å². The van der Waals surface area contributed by atoms with Crippen LogP contribution in [0.15, 0.2) is 36.8 Å². The maximum absolute atomic E-state index is 5.64. The lowest BCUT2D eigenvalue weighted by Crippen LogP contribution is -2.31. The van der Waals surface area contributed by atoms with Crippen molar-refractivity contribution in [1.82, 2.24) is 19.5 Å². The molecule has 0 N–H and O–H groups in total. The van der Waals surface area contributed by atoms with Crippen molar-refractivity contribution in [2.75, 3.05) is 25.1 Å². The number of aryl methyl sites for hydroxylation is 2. The Morgan fingerprint density at radius 3 is 2.54 bits per heavy atom. The molecule has 3 heterocycles. The number of anilines is 1. The topological polar surface area (TPSA) is 56.1 Å². The van der Waals surface area contributed by atoms with Crippen LogP contribution in [0.4, 0.5) is 5.95 Å². The molecular formula is C22H27N5O. The molecule has 0 unspecified atom stereocenters. The lowest BCUT2D eigenvalue weighted by atomic mass is 10.1. The number of benzene rings is 1. The molecule has 28 heavy (non-hydrogen) atoms. The van der Waals surface area contributed by atoms with Gasteiger partial charge >= 0.3 is 0 Å². The number of hydrogen-bond acceptors (Lipinski definition) is 5. The van der Waals surface area contributed by atoms with E-state index in [-0.39, 0.29) is 0 Å². The first-order valence-electron chi connectivity index (χ1n) is 9.90. The van der Waals surface area contributed by atoms with Crippen LogP contribution in [-0.4, -0.2) is 39.7 Å². The van der Waals surface area contributed by atoms with Crippen LogP contribution in [0.1, 0.15) is 41.9 Å². The van der Waals surface area contributed by atoms with E-state index in [0.29, 0.717) is 0 Å². The average Bonchev–Trinajstić information content (AvgIpc) is 3.14. The molecule has 1 fully saturated rings. The van der Waals surface area contributed by atoms with Gasteiger partial charge in [-0.15, -0.1) is 0 Å². The zero-order valence-corrected chi connectivity index (χ0v) is 16.9. The van der Waals surface area contributed by atoms with Gasteiger partial charge in [-0.2, -0.15) is 0 Å². The van der Waals surface area contributed by atoms with E-state index in [4.69, 9.17) is 9.72 Å². The Morgan fingerprint density at radius 2 is 1.82 bits per heavy atom. The minimum Gasteiger partial charge on any atom is -0.495 e. The predicted octanol–water partition coefficient (Wildman–Crippen LogP) is 3.87. The summed E-state index contributed by atoms with van der Waals surface area (Å²) in [5.41, 5.74) is 5.19. The third kappa shape index (κ3) is 4.01. The van der Waals surface area contributed by atoms with Gasteiger partial charge in [0.15, 0.2) is 0 Å². The van der Waals surface area contributed by atoms with E-state index in [0.717, 1.165) is 54.0 Å². The number of aromatic nitrogens is 4. The molecule has 1 saturated heterocycles. The SMILES string of the molecule is COc1cc(Cc2cc(C)nc(N3CCCCC3)n2)ccc1-n1cnc(C)c1. The van der Waals surface area contributed by atoms with Crippen LogP contribution in [0, 0.1) is 13.8 Å². The Balaban J connectivity index is 1.59. The van der Waals surface area contributed by atoms with E-state index < -0.39 is 0 Å². The van der Waals surface area contributed by atoms with E-state index in [1.54, 1.807) is 7.11 Å². The number of ether oxygens (including phenoxy) is 1. The van der Waals surface area contributed by atoms with Crippen LogP contribution in [-0.2, 0) is 6.42 Å². The van der Waals surface area contributed by atoms with Crippen molar-refractivity contribution in [3.63, 3.8) is 0 Å². The molecule has 0 radical (unpaired) electrons. The first-order valence-corrected chi connectivity index (χ1v) is 9.90. The van der Waals surface area contributed by atoms with Crippen LogP contribution in [0.5, 0.6) is 5.75 Å². The number of piperidine rings is 1. The largest absolute Gasteiger partial charge is 0.495 e. The second kappa shape index (κ2) is 8.00. The molecule has 0 spiro atoms. The highest BCUT2D eigenvalue weighted by atomic mass is 16.5. The molecule has 0 bridgehead atoms. The van der Waals surface area contributed by atoms with E-state index in [9.17, 15) is 0 Å². The molecular weight excluding hydrogens is 350 g/mol. The second-order valence-corrected chi connectivity index (χ2v) is 7.45. The summed E-state index contributed by atoms with van der Waals surface area (Å²) in [6.45, 7) is 6.13. The molecule has 0 atom stereocenters. The van der Waals surface area contributed by atoms with E-state index in [1.807, 2.05) is 30.9 Å². The molecule has 1 aromatic carbocycles. The minimum absolute atomic E-state index is 0.754. The van der Waals surface area contributed by atoms with Gasteiger partial charge in [-0.05, 0) is 56.9 Å². The van der Waals surface area contributed by atoms with Crippen molar-refractivity contribution in [1.29, 1.82) is 0 Å². The van der Waals surface area contributed by atoms with Gasteiger partial charge < -0.3 is 14.2 Å². The summed E-state index contributed by atoms with van der Waals surface area (Å²) >= 11 is 0. The van der Waals surface area contributed by atoms with Gasteiger partial charge in [-0.3, -0.25) is 0 Å². The summed E-state index contributed by atoms with van der Waals surface area (Å²) < 4.78 is 7.63. The summed E-state index contributed by atoms with van der Waals surface area (Å²) in [7, 11) is 1.70. The zero-order chi connectivity index (χ0) is 19.5. The maximum Gasteiger partial charge on any atom is 0.225 e. The molecule has 1 aliphatic rings. The highest BCUT2D eigenvalue weighted by Gasteiger charge is 2.15. The normalized spacial score (nSPS) is 14.3. The van der Waals surface area contributed by atoms with Crippen molar-refractivity contribution in [2.24, 2.45) is 0 Å². The van der Waals surface area contributed by atoms with E-state index in [2.05, 4.69) is 39.1 Å². The Kier molecular flexibility index (Phi) is 5.28. The minimum atomic E-state index is 0.754. The number of rotatable bonds is 5. The Hall–Kier alpha value is -2.89. The lowest BCUT2D eigenvalue weighted by molar-refractivity contribution is 0.412. The molecule has 6 nitrogen and oxygen atoms in total. The third-order valence-electron chi connectivity index (χ3n) is 5.15. The first-order chi connectivity index (χ1) is 13.6. The lowest BCUT2D eigenvalue weighted by Gasteiger charge is -2.27. The number of hydrogen-bond donors (Lipinski definition) is 0. The maximum atomic E-state index is 5.64. The summed E-state index contributed by atoms with van der Waals surface area (Å²) in [6, 6.07) is 8.37. The highest BCUT2D eigenvalue weighted by Crippen LogP contribution is 2.26. The van der Waals surface area contributed by atoms with Gasteiger partial charge in [0.1, 0.15) is 5.75 Å². The Labute approximate surface area is 166 Å². The van der Waals surface area contributed by atoms with E-state index in [1.165, 1.54) is 24.8 Å². The molecule has 0 amide bonds. The van der Waals surface area contributed by atoms with Crippen molar-refractivity contribution in [3.8, 4) is 11.4 Å². The fourth-order valence-corrected chi connectivity index (χ4v) is 3.75. The Bertz CT molecular complexity index is 959. The predicted molar refractivity (Wildman–Crippen MR) is 110 cm³/mol. The summed E-state index contributed by atoms with van der Waals surface area (Å²) in [5, 5.41) is 0. The van der Waals surface area contributed by atoms with Crippen molar-refractivity contribution in [3.05, 3.63) is 59.4 Å². The molecule has 0 aliphatic carbocycles. The molecule has 2 aromatic heterocycles. The quantitative estimate of drug-likeness (QED) is 0.676. The molecule has 1 aliphatic heterocycles. The number of imidazole rings is 1. The smallest absolute Gasteiger partial charge is 0.225 e. The van der Waals surface area contributed by atoms with Gasteiger partial charge in [0.05, 0.1) is 30.5 Å². The van der Waals surface area contributed by atoms with Gasteiger partial charge in [-0.1, -0.05) is 6.07 Å². The standard InChI is InChI=1S/C22H27N5O/c1-16-11-19(25-22(24-16)26-9-5-4-6-10-26)12-18-7-8-20(21(13-18)28-3)27-14-17(2)23-15-27/h7-8,11,13-15H,4-6,9-10,12H2,1-3H3. The monoisotopic (exact) mass is 377 g/mol. The van der Waals surface area contributed by atoms with Gasteiger partial charge in [-0.25, -0.2) is 15.0 Å². The first kappa shape index (κ1) is 18.5. The van der Waals surface area contributed by atoms with Crippen LogP contribution in [0.25, 0.3) is 5.69 Å². The van der Waals surface area contributed by atoms with Crippen molar-refractivity contribution < 1.29 is 4.74 Å². The summed E-state index contributed by atoms with van der Waals surface area (Å²) in [4.78, 5) is 16.1. The van der Waals surface area contributed by atoms with E-state index >= 15 is 0 Å². The molecule has 3 aromatic rings. The third-order valence-corrected chi connectivity index (χ3v) is 5.15. The van der Waals surface area contributed by atoms with Crippen LogP contribution < -0.4 is 9.64 Å². The van der Waals surface area contributed by atoms with Crippen LogP contribution >= 0.6 is 0 Å². The molecule has 0 saturated carbocycles. The fourth-order valence-electron chi connectivity index (χ4n) is 3.75. The van der Waals surface area contributed by atoms with Gasteiger partial charge in [0.2, 0.25) is 5.95 Å². The molecule has 146 valence electrons. The fraction of sp³-hybridized carbons (Fsp3) is 0.409. The summed E-state index contributed by atoms with van der Waals surface area (Å²) in [5.74, 6) is 1.70. The van der Waals surface area contributed by atoms with Crippen molar-refractivity contribution >= 4 is 5.95 Å². The second-order valence-electron chi connectivity index (χ2n) is 7.45. The van der Waals surface area contributed by atoms with Crippen LogP contribution in [0.2, 0.25) is 0 Å². The average molecular weight is 377 g/mol. The van der Waals surface area contributed by atoms with Gasteiger partial charge in [0.25, 0.3) is 0 Å². The number of methoxy groups -OCH3 is 1. The number of nitrogens with zero attached hydrogens (tertiary/aromatic N) is 5. The zero-order valence-electron chi connectivity index (χ0n) is 16.9. The molecule has 4 rings (SSSR count). The highest BCUT2D eigenvalue weighted by molar-refractivity contribution is 5.50. The summed E-state index contributed by atoms with van der Waals surface area (Å²) in [6.07, 6.45) is 8.31. The molecule has 6 heteroatoms.